The Morgan fingerprint density at radius 1 is 1.50 bits per heavy atom. The molecule has 0 atom stereocenters. The van der Waals surface area contributed by atoms with Crippen molar-refractivity contribution in [1.29, 1.82) is 0 Å². The average Bonchev–Trinajstić information content (AvgIpc) is 2.69. The quantitative estimate of drug-likeness (QED) is 0.764. The molecular formula is C10H13ClN2O. The minimum absolute atomic E-state index is 0.0856. The van der Waals surface area contributed by atoms with Crippen LogP contribution in [-0.2, 0) is 5.88 Å². The molecule has 3 nitrogen and oxygen atoms in total. The Morgan fingerprint density at radius 2 is 2.21 bits per heavy atom. The highest BCUT2D eigenvalue weighted by Gasteiger charge is 2.19. The summed E-state index contributed by atoms with van der Waals surface area (Å²) < 4.78 is 0. The molecule has 1 aromatic heterocycles. The molecule has 4 heteroatoms. The summed E-state index contributed by atoms with van der Waals surface area (Å²) in [6.45, 7) is 0. The second-order valence-electron chi connectivity index (χ2n) is 3.73. The van der Waals surface area contributed by atoms with Crippen LogP contribution in [0.1, 0.15) is 43.1 Å². The summed E-state index contributed by atoms with van der Waals surface area (Å²) in [5.74, 6) is 1.33. The van der Waals surface area contributed by atoms with E-state index in [1.165, 1.54) is 12.8 Å². The Morgan fingerprint density at radius 3 is 2.86 bits per heavy atom. The zero-order chi connectivity index (χ0) is 9.97. The zero-order valence-electron chi connectivity index (χ0n) is 7.92. The average molecular weight is 213 g/mol. The molecule has 1 heterocycles. The van der Waals surface area contributed by atoms with Crippen molar-refractivity contribution in [3.8, 4) is 0 Å². The van der Waals surface area contributed by atoms with Gasteiger partial charge in [-0.05, 0) is 12.8 Å². The van der Waals surface area contributed by atoms with Gasteiger partial charge >= 0.3 is 0 Å². The lowest BCUT2D eigenvalue weighted by molar-refractivity contribution is 0.685. The molecule has 1 aliphatic rings. The van der Waals surface area contributed by atoms with Crippen molar-refractivity contribution in [3.63, 3.8) is 0 Å². The van der Waals surface area contributed by atoms with Crippen molar-refractivity contribution < 1.29 is 0 Å². The maximum atomic E-state index is 11.3. The van der Waals surface area contributed by atoms with E-state index in [0.717, 1.165) is 18.5 Å². The molecule has 14 heavy (non-hydrogen) atoms. The number of alkyl halides is 1. The first-order valence-electron chi connectivity index (χ1n) is 4.95. The van der Waals surface area contributed by atoms with Crippen molar-refractivity contribution in [2.24, 2.45) is 0 Å². The van der Waals surface area contributed by atoms with E-state index in [1.54, 1.807) is 6.07 Å². The molecule has 0 bridgehead atoms. The fraction of sp³-hybridized carbons (Fsp3) is 0.600. The number of H-pyrrole nitrogens is 1. The lowest BCUT2D eigenvalue weighted by Crippen LogP contribution is -2.13. The van der Waals surface area contributed by atoms with Gasteiger partial charge in [-0.2, -0.15) is 0 Å². The highest BCUT2D eigenvalue weighted by molar-refractivity contribution is 6.16. The minimum Gasteiger partial charge on any atom is -0.310 e. The Kier molecular flexibility index (Phi) is 2.87. The topological polar surface area (TPSA) is 45.8 Å². The van der Waals surface area contributed by atoms with Gasteiger partial charge in [0.1, 0.15) is 5.82 Å². The smallest absolute Gasteiger partial charge is 0.251 e. The first kappa shape index (κ1) is 9.71. The van der Waals surface area contributed by atoms with Crippen molar-refractivity contribution in [2.45, 2.75) is 37.5 Å². The van der Waals surface area contributed by atoms with Crippen LogP contribution < -0.4 is 5.56 Å². The molecule has 1 fully saturated rings. The van der Waals surface area contributed by atoms with Gasteiger partial charge in [0.15, 0.2) is 0 Å². The SMILES string of the molecule is O=c1cc(C2CCCC2)nc(CCl)[nH]1. The van der Waals surface area contributed by atoms with Gasteiger partial charge in [0.25, 0.3) is 5.56 Å². The maximum Gasteiger partial charge on any atom is 0.251 e. The number of aromatic amines is 1. The Balaban J connectivity index is 2.32. The van der Waals surface area contributed by atoms with Gasteiger partial charge in [-0.1, -0.05) is 12.8 Å². The van der Waals surface area contributed by atoms with Crippen LogP contribution in [0.25, 0.3) is 0 Å². The lowest BCUT2D eigenvalue weighted by Gasteiger charge is -2.08. The number of halogens is 1. The van der Waals surface area contributed by atoms with Gasteiger partial charge in [-0.15, -0.1) is 11.6 Å². The second kappa shape index (κ2) is 4.13. The minimum atomic E-state index is -0.0856. The van der Waals surface area contributed by atoms with Crippen molar-refractivity contribution in [3.05, 3.63) is 27.9 Å². The van der Waals surface area contributed by atoms with Gasteiger partial charge in [-0.25, -0.2) is 4.98 Å². The summed E-state index contributed by atoms with van der Waals surface area (Å²) in [6, 6.07) is 1.60. The molecule has 1 N–H and O–H groups in total. The van der Waals surface area contributed by atoms with E-state index in [2.05, 4.69) is 9.97 Å². The van der Waals surface area contributed by atoms with Gasteiger partial charge in [0.2, 0.25) is 0 Å². The fourth-order valence-electron chi connectivity index (χ4n) is 2.02. The van der Waals surface area contributed by atoms with Crippen LogP contribution in [-0.4, -0.2) is 9.97 Å². The highest BCUT2D eigenvalue weighted by Crippen LogP contribution is 2.32. The molecule has 0 aromatic carbocycles. The van der Waals surface area contributed by atoms with Crippen LogP contribution in [0, 0.1) is 0 Å². The van der Waals surface area contributed by atoms with Gasteiger partial charge in [0.05, 0.1) is 11.6 Å². The first-order valence-corrected chi connectivity index (χ1v) is 5.49. The number of nitrogens with one attached hydrogen (secondary N) is 1. The predicted molar refractivity (Wildman–Crippen MR) is 55.6 cm³/mol. The van der Waals surface area contributed by atoms with Crippen LogP contribution in [0.5, 0.6) is 0 Å². The van der Waals surface area contributed by atoms with E-state index in [-0.39, 0.29) is 11.4 Å². The van der Waals surface area contributed by atoms with Crippen molar-refractivity contribution in [1.82, 2.24) is 9.97 Å². The van der Waals surface area contributed by atoms with Crippen LogP contribution in [0.2, 0.25) is 0 Å². The van der Waals surface area contributed by atoms with Crippen LogP contribution in [0.15, 0.2) is 10.9 Å². The van der Waals surface area contributed by atoms with Crippen LogP contribution >= 0.6 is 11.6 Å². The molecule has 2 rings (SSSR count). The van der Waals surface area contributed by atoms with Gasteiger partial charge in [0, 0.05) is 12.0 Å². The van der Waals surface area contributed by atoms with Crippen LogP contribution in [0.4, 0.5) is 0 Å². The lowest BCUT2D eigenvalue weighted by atomic mass is 10.0. The molecule has 0 amide bonds. The third kappa shape index (κ3) is 1.98. The number of aromatic nitrogens is 2. The third-order valence-corrected chi connectivity index (χ3v) is 2.96. The normalized spacial score (nSPS) is 17.5. The summed E-state index contributed by atoms with van der Waals surface area (Å²) >= 11 is 5.64. The van der Waals surface area contributed by atoms with Gasteiger partial charge in [-0.3, -0.25) is 4.79 Å². The van der Waals surface area contributed by atoms with Crippen molar-refractivity contribution in [2.75, 3.05) is 0 Å². The predicted octanol–water partition coefficient (Wildman–Crippen LogP) is 2.17. The molecule has 1 aromatic rings. The fourth-order valence-corrected chi connectivity index (χ4v) is 2.15. The summed E-state index contributed by atoms with van der Waals surface area (Å²) in [6.07, 6.45) is 4.79. The molecular weight excluding hydrogens is 200 g/mol. The summed E-state index contributed by atoms with van der Waals surface area (Å²) in [5.41, 5.74) is 0.833. The Bertz CT molecular complexity index is 369. The number of nitrogens with zero attached hydrogens (tertiary/aromatic N) is 1. The molecule has 0 unspecified atom stereocenters. The van der Waals surface area contributed by atoms with Crippen LogP contribution in [0.3, 0.4) is 0 Å². The first-order chi connectivity index (χ1) is 6.79. The Labute approximate surface area is 87.5 Å². The van der Waals surface area contributed by atoms with E-state index in [0.29, 0.717) is 11.7 Å². The molecule has 76 valence electrons. The van der Waals surface area contributed by atoms with E-state index < -0.39 is 0 Å². The monoisotopic (exact) mass is 212 g/mol. The number of rotatable bonds is 2. The molecule has 0 spiro atoms. The molecule has 1 saturated carbocycles. The van der Waals surface area contributed by atoms with E-state index in [4.69, 9.17) is 11.6 Å². The zero-order valence-corrected chi connectivity index (χ0v) is 8.68. The Hall–Kier alpha value is -0.830. The largest absolute Gasteiger partial charge is 0.310 e. The van der Waals surface area contributed by atoms with Gasteiger partial charge < -0.3 is 4.98 Å². The highest BCUT2D eigenvalue weighted by atomic mass is 35.5. The third-order valence-electron chi connectivity index (χ3n) is 2.71. The number of hydrogen-bond acceptors (Lipinski definition) is 2. The number of hydrogen-bond donors (Lipinski definition) is 1. The maximum absolute atomic E-state index is 11.3. The standard InChI is InChI=1S/C10H13ClN2O/c11-6-9-12-8(5-10(14)13-9)7-3-1-2-4-7/h5,7H,1-4,6H2,(H,12,13,14). The summed E-state index contributed by atoms with van der Waals surface area (Å²) in [5, 5.41) is 0. The van der Waals surface area contributed by atoms with E-state index in [1.807, 2.05) is 0 Å². The second-order valence-corrected chi connectivity index (χ2v) is 4.00. The molecule has 1 aliphatic carbocycles. The van der Waals surface area contributed by atoms with Crippen molar-refractivity contribution >= 4 is 11.6 Å². The molecule has 0 radical (unpaired) electrons. The molecule has 0 saturated heterocycles. The summed E-state index contributed by atoms with van der Waals surface area (Å²) in [4.78, 5) is 18.2. The van der Waals surface area contributed by atoms with E-state index in [9.17, 15) is 4.79 Å². The summed E-state index contributed by atoms with van der Waals surface area (Å²) in [7, 11) is 0. The van der Waals surface area contributed by atoms with E-state index >= 15 is 0 Å². The molecule has 0 aliphatic heterocycles.